The molecule has 2 aromatic carbocycles. The van der Waals surface area contributed by atoms with E-state index in [1.807, 2.05) is 17.9 Å². The highest BCUT2D eigenvalue weighted by atomic mass is 19.4. The van der Waals surface area contributed by atoms with Crippen LogP contribution in [0.1, 0.15) is 27.9 Å². The molecule has 0 aliphatic carbocycles. The summed E-state index contributed by atoms with van der Waals surface area (Å²) in [5.41, 5.74) is 1.84. The van der Waals surface area contributed by atoms with Crippen molar-refractivity contribution < 1.29 is 32.2 Å². The van der Waals surface area contributed by atoms with Crippen LogP contribution in [-0.2, 0) is 15.7 Å². The molecule has 2 aliphatic rings. The lowest BCUT2D eigenvalue weighted by Crippen LogP contribution is -2.37. The fraction of sp³-hybridized carbons (Fsp3) is 0.371. The summed E-state index contributed by atoms with van der Waals surface area (Å²) in [6.07, 6.45) is -0.381. The Bertz CT molecular complexity index is 1740. The summed E-state index contributed by atoms with van der Waals surface area (Å²) in [5.74, 6) is 0.531. The lowest BCUT2D eigenvalue weighted by atomic mass is 10.1. The molecule has 0 unspecified atom stereocenters. The Labute approximate surface area is 282 Å². The zero-order chi connectivity index (χ0) is 34.2. The minimum atomic E-state index is -4.57. The molecule has 6 rings (SSSR count). The number of morpholine rings is 2. The second-order valence-electron chi connectivity index (χ2n) is 11.7. The number of halogens is 3. The van der Waals surface area contributed by atoms with E-state index in [9.17, 15) is 18.0 Å². The highest BCUT2D eigenvalue weighted by Gasteiger charge is 2.32. The average Bonchev–Trinajstić information content (AvgIpc) is 3.12. The van der Waals surface area contributed by atoms with Crippen LogP contribution in [0.5, 0.6) is 11.6 Å². The number of anilines is 3. The van der Waals surface area contributed by atoms with Gasteiger partial charge in [-0.1, -0.05) is 6.07 Å². The van der Waals surface area contributed by atoms with Crippen LogP contribution in [0.2, 0.25) is 0 Å². The van der Waals surface area contributed by atoms with Gasteiger partial charge in [0.1, 0.15) is 5.75 Å². The standard InChI is InChI=1S/C35H38F3N7O4/c1-24-5-6-25(32(46)42-29-23-26(35(36,37)38)7-8-30(29)45-16-20-48-21-17-45)22-31(24)49-33-27(4-2-10-39-33)28-9-12-41-34(43-28)40-11-3-13-44-14-18-47-19-15-44/h2,4-10,12,22-23H,3,11,13-21H2,1H3,(H,42,46)(H,40,41,43). The highest BCUT2D eigenvalue weighted by molar-refractivity contribution is 6.06. The molecule has 1 amide bonds. The number of carbonyl (C=O) groups excluding carboxylic acids is 1. The van der Waals surface area contributed by atoms with Crippen molar-refractivity contribution in [1.29, 1.82) is 0 Å². The highest BCUT2D eigenvalue weighted by Crippen LogP contribution is 2.37. The molecule has 4 heterocycles. The fourth-order valence-electron chi connectivity index (χ4n) is 5.63. The van der Waals surface area contributed by atoms with Crippen molar-refractivity contribution in [1.82, 2.24) is 19.9 Å². The number of nitrogens with zero attached hydrogens (tertiary/aromatic N) is 5. The fourth-order valence-corrected chi connectivity index (χ4v) is 5.63. The number of hydrogen-bond donors (Lipinski definition) is 2. The molecule has 4 aromatic rings. The van der Waals surface area contributed by atoms with Crippen LogP contribution in [0.15, 0.2) is 67.0 Å². The van der Waals surface area contributed by atoms with Crippen LogP contribution in [-0.4, -0.2) is 91.5 Å². The van der Waals surface area contributed by atoms with Crippen molar-refractivity contribution in [3.05, 3.63) is 83.7 Å². The maximum absolute atomic E-state index is 13.6. The predicted octanol–water partition coefficient (Wildman–Crippen LogP) is 5.88. The summed E-state index contributed by atoms with van der Waals surface area (Å²) in [4.78, 5) is 31.3. The van der Waals surface area contributed by atoms with Gasteiger partial charge < -0.3 is 29.7 Å². The van der Waals surface area contributed by atoms with E-state index in [1.165, 1.54) is 6.07 Å². The molecule has 11 nitrogen and oxygen atoms in total. The number of nitrogens with one attached hydrogen (secondary N) is 2. The Balaban J connectivity index is 1.18. The van der Waals surface area contributed by atoms with Crippen molar-refractivity contribution in [2.24, 2.45) is 0 Å². The molecule has 0 bridgehead atoms. The summed E-state index contributed by atoms with van der Waals surface area (Å²) in [5, 5.41) is 6.00. The molecule has 258 valence electrons. The molecule has 0 spiro atoms. The van der Waals surface area contributed by atoms with Crippen LogP contribution in [0.4, 0.5) is 30.5 Å². The van der Waals surface area contributed by atoms with Crippen LogP contribution in [0, 0.1) is 6.92 Å². The molecule has 2 N–H and O–H groups in total. The molecule has 2 aliphatic heterocycles. The number of alkyl halides is 3. The van der Waals surface area contributed by atoms with Crippen LogP contribution < -0.4 is 20.3 Å². The molecular weight excluding hydrogens is 639 g/mol. The van der Waals surface area contributed by atoms with Gasteiger partial charge in [0.15, 0.2) is 0 Å². The smallest absolute Gasteiger partial charge is 0.416 e. The number of rotatable bonds is 11. The number of hydrogen-bond acceptors (Lipinski definition) is 10. The molecule has 0 saturated carbocycles. The van der Waals surface area contributed by atoms with Crippen molar-refractivity contribution in [2.45, 2.75) is 19.5 Å². The second kappa shape index (κ2) is 15.6. The van der Waals surface area contributed by atoms with E-state index in [-0.39, 0.29) is 17.1 Å². The van der Waals surface area contributed by atoms with Crippen molar-refractivity contribution >= 4 is 23.2 Å². The number of benzene rings is 2. The van der Waals surface area contributed by atoms with Crippen LogP contribution >= 0.6 is 0 Å². The molecular formula is C35H38F3N7O4. The zero-order valence-corrected chi connectivity index (χ0v) is 27.1. The van der Waals surface area contributed by atoms with Gasteiger partial charge in [0.25, 0.3) is 5.91 Å². The SMILES string of the molecule is Cc1ccc(C(=O)Nc2cc(C(F)(F)F)ccc2N2CCOCC2)cc1Oc1ncccc1-c1ccnc(NCCCN2CCOCC2)n1. The first-order valence-electron chi connectivity index (χ1n) is 16.2. The first kappa shape index (κ1) is 34.1. The van der Waals surface area contributed by atoms with Crippen molar-refractivity contribution in [3.8, 4) is 22.9 Å². The number of carbonyl (C=O) groups is 1. The Morgan fingerprint density at radius 1 is 0.939 bits per heavy atom. The molecule has 0 atom stereocenters. The maximum Gasteiger partial charge on any atom is 0.416 e. The Morgan fingerprint density at radius 3 is 2.49 bits per heavy atom. The third kappa shape index (κ3) is 8.82. The summed E-state index contributed by atoms with van der Waals surface area (Å²) in [7, 11) is 0. The lowest BCUT2D eigenvalue weighted by molar-refractivity contribution is -0.137. The van der Waals surface area contributed by atoms with E-state index in [0.717, 1.165) is 57.0 Å². The number of ether oxygens (including phenoxy) is 3. The van der Waals surface area contributed by atoms with Gasteiger partial charge in [0.2, 0.25) is 11.8 Å². The minimum Gasteiger partial charge on any atom is -0.438 e. The summed E-state index contributed by atoms with van der Waals surface area (Å²) >= 11 is 0. The number of pyridine rings is 1. The molecule has 2 aromatic heterocycles. The number of aryl methyl sites for hydroxylation is 1. The van der Waals surface area contributed by atoms with Crippen LogP contribution in [0.25, 0.3) is 11.3 Å². The largest absolute Gasteiger partial charge is 0.438 e. The lowest BCUT2D eigenvalue weighted by Gasteiger charge is -2.31. The third-order valence-electron chi connectivity index (χ3n) is 8.32. The van der Waals surface area contributed by atoms with Crippen LogP contribution in [0.3, 0.4) is 0 Å². The van der Waals surface area contributed by atoms with Gasteiger partial charge >= 0.3 is 6.18 Å². The van der Waals surface area contributed by atoms with Gasteiger partial charge in [0, 0.05) is 50.7 Å². The number of aromatic nitrogens is 3. The second-order valence-corrected chi connectivity index (χ2v) is 11.7. The summed E-state index contributed by atoms with van der Waals surface area (Å²) in [6.45, 7) is 8.75. The molecule has 2 fully saturated rings. The van der Waals surface area contributed by atoms with Gasteiger partial charge in [-0.25, -0.2) is 15.0 Å². The first-order valence-corrected chi connectivity index (χ1v) is 16.2. The average molecular weight is 678 g/mol. The molecule has 2 saturated heterocycles. The normalized spacial score (nSPS) is 15.6. The quantitative estimate of drug-likeness (QED) is 0.187. The van der Waals surface area contributed by atoms with Gasteiger partial charge in [-0.05, 0) is 74.0 Å². The van der Waals surface area contributed by atoms with Gasteiger partial charge in [-0.3, -0.25) is 9.69 Å². The topological polar surface area (TPSA) is 114 Å². The van der Waals surface area contributed by atoms with E-state index in [4.69, 9.17) is 14.2 Å². The summed E-state index contributed by atoms with van der Waals surface area (Å²) in [6, 6.07) is 13.6. The monoisotopic (exact) mass is 677 g/mol. The van der Waals surface area contributed by atoms with E-state index < -0.39 is 17.6 Å². The Morgan fingerprint density at radius 2 is 1.71 bits per heavy atom. The Kier molecular flexibility index (Phi) is 10.9. The van der Waals surface area contributed by atoms with E-state index in [2.05, 4.69) is 30.5 Å². The first-order chi connectivity index (χ1) is 23.7. The predicted molar refractivity (Wildman–Crippen MR) is 179 cm³/mol. The van der Waals surface area contributed by atoms with Gasteiger partial charge in [-0.15, -0.1) is 0 Å². The third-order valence-corrected chi connectivity index (χ3v) is 8.32. The molecule has 14 heteroatoms. The van der Waals surface area contributed by atoms with Crippen molar-refractivity contribution in [2.75, 3.05) is 81.2 Å². The Hall–Kier alpha value is -4.79. The zero-order valence-electron chi connectivity index (χ0n) is 27.1. The van der Waals surface area contributed by atoms with Gasteiger partial charge in [0.05, 0.1) is 54.6 Å². The number of amides is 1. The van der Waals surface area contributed by atoms with E-state index >= 15 is 0 Å². The van der Waals surface area contributed by atoms with Crippen molar-refractivity contribution in [3.63, 3.8) is 0 Å². The minimum absolute atomic E-state index is 0.0612. The van der Waals surface area contributed by atoms with E-state index in [0.29, 0.717) is 61.5 Å². The van der Waals surface area contributed by atoms with Gasteiger partial charge in [-0.2, -0.15) is 13.2 Å². The molecule has 49 heavy (non-hydrogen) atoms. The van der Waals surface area contributed by atoms with E-state index in [1.54, 1.807) is 42.7 Å². The maximum atomic E-state index is 13.6. The summed E-state index contributed by atoms with van der Waals surface area (Å²) < 4.78 is 58.0. The molecule has 0 radical (unpaired) electrons.